The number of carbonyl (C=O) groups excluding carboxylic acids is 1. The molecule has 0 radical (unpaired) electrons. The molecule has 0 fully saturated rings. The highest BCUT2D eigenvalue weighted by Crippen LogP contribution is 2.17. The Morgan fingerprint density at radius 2 is 2.00 bits per heavy atom. The summed E-state index contributed by atoms with van der Waals surface area (Å²) in [6.45, 7) is 3.53. The van der Waals surface area contributed by atoms with Crippen LogP contribution in [-0.4, -0.2) is 23.0 Å². The minimum atomic E-state index is -0.803. The van der Waals surface area contributed by atoms with Crippen LogP contribution < -0.4 is 5.32 Å². The zero-order valence-electron chi connectivity index (χ0n) is 12.0. The molecular weight excluding hydrogens is 341 g/mol. The predicted molar refractivity (Wildman–Crippen MR) is 81.7 cm³/mol. The molecule has 1 aromatic carbocycles. The number of aliphatic carboxylic acids is 1. The van der Waals surface area contributed by atoms with Gasteiger partial charge in [0.05, 0.1) is 10.4 Å². The standard InChI is InChI=1S/C15H19BrFNO3/c1-9(15(20)21)4-3-5-10(2)18-14(19)11-6-7-13(17)12(16)8-11/h6-10H,3-5H2,1-2H3,(H,18,19)(H,20,21). The van der Waals surface area contributed by atoms with Crippen LogP contribution in [0.2, 0.25) is 0 Å². The summed E-state index contributed by atoms with van der Waals surface area (Å²) >= 11 is 3.04. The first kappa shape index (κ1) is 17.6. The van der Waals surface area contributed by atoms with E-state index in [2.05, 4.69) is 21.2 Å². The molecule has 1 aromatic rings. The van der Waals surface area contributed by atoms with Gasteiger partial charge in [0.2, 0.25) is 0 Å². The number of benzene rings is 1. The van der Waals surface area contributed by atoms with E-state index in [4.69, 9.17) is 5.11 Å². The van der Waals surface area contributed by atoms with E-state index >= 15 is 0 Å². The van der Waals surface area contributed by atoms with Crippen molar-refractivity contribution in [2.75, 3.05) is 0 Å². The lowest BCUT2D eigenvalue weighted by Gasteiger charge is -2.15. The van der Waals surface area contributed by atoms with Crippen LogP contribution in [0, 0.1) is 11.7 Å². The maximum atomic E-state index is 13.1. The van der Waals surface area contributed by atoms with Gasteiger partial charge < -0.3 is 10.4 Å². The molecule has 0 aliphatic carbocycles. The Balaban J connectivity index is 2.43. The third-order valence-corrected chi connectivity index (χ3v) is 3.86. The molecule has 4 nitrogen and oxygen atoms in total. The van der Waals surface area contributed by atoms with Crippen molar-refractivity contribution in [3.05, 3.63) is 34.1 Å². The molecule has 2 unspecified atom stereocenters. The van der Waals surface area contributed by atoms with Crippen LogP contribution >= 0.6 is 15.9 Å². The van der Waals surface area contributed by atoms with Crippen molar-refractivity contribution in [2.24, 2.45) is 5.92 Å². The van der Waals surface area contributed by atoms with Crippen LogP contribution in [0.3, 0.4) is 0 Å². The second-order valence-corrected chi connectivity index (χ2v) is 6.03. The summed E-state index contributed by atoms with van der Waals surface area (Å²) in [5, 5.41) is 11.6. The average Bonchev–Trinajstić information content (AvgIpc) is 2.41. The summed E-state index contributed by atoms with van der Waals surface area (Å²) in [5.41, 5.74) is 0.383. The first-order valence-electron chi connectivity index (χ1n) is 6.80. The fraction of sp³-hybridized carbons (Fsp3) is 0.467. The molecule has 0 heterocycles. The van der Waals surface area contributed by atoms with Gasteiger partial charge in [-0.15, -0.1) is 0 Å². The van der Waals surface area contributed by atoms with Crippen molar-refractivity contribution in [3.63, 3.8) is 0 Å². The van der Waals surface area contributed by atoms with E-state index in [1.54, 1.807) is 6.92 Å². The smallest absolute Gasteiger partial charge is 0.306 e. The minimum absolute atomic E-state index is 0.0673. The lowest BCUT2D eigenvalue weighted by atomic mass is 10.0. The third-order valence-electron chi connectivity index (χ3n) is 3.26. The molecule has 116 valence electrons. The lowest BCUT2D eigenvalue weighted by Crippen LogP contribution is -2.32. The zero-order valence-corrected chi connectivity index (χ0v) is 13.6. The van der Waals surface area contributed by atoms with Crippen LogP contribution in [0.4, 0.5) is 4.39 Å². The number of rotatable bonds is 7. The number of carboxylic acids is 1. The number of nitrogens with one attached hydrogen (secondary N) is 1. The van der Waals surface area contributed by atoms with E-state index in [1.807, 2.05) is 6.92 Å². The Labute approximate surface area is 131 Å². The Bertz CT molecular complexity index is 522. The van der Waals surface area contributed by atoms with E-state index in [0.29, 0.717) is 18.4 Å². The van der Waals surface area contributed by atoms with E-state index < -0.39 is 11.8 Å². The SMILES string of the molecule is CC(CCCC(C)C(=O)O)NC(=O)c1ccc(F)c(Br)c1. The first-order chi connectivity index (χ1) is 9.81. The molecule has 1 amide bonds. The number of halogens is 2. The van der Waals surface area contributed by atoms with Crippen LogP contribution in [-0.2, 0) is 4.79 Å². The molecular formula is C15H19BrFNO3. The van der Waals surface area contributed by atoms with Crippen molar-refractivity contribution in [1.82, 2.24) is 5.32 Å². The number of hydrogen-bond acceptors (Lipinski definition) is 2. The molecule has 2 N–H and O–H groups in total. The Morgan fingerprint density at radius 3 is 2.57 bits per heavy atom. The monoisotopic (exact) mass is 359 g/mol. The van der Waals surface area contributed by atoms with Crippen molar-refractivity contribution in [1.29, 1.82) is 0 Å². The molecule has 0 bridgehead atoms. The maximum absolute atomic E-state index is 13.1. The molecule has 0 aromatic heterocycles. The summed E-state index contributed by atoms with van der Waals surface area (Å²) in [6.07, 6.45) is 2.01. The lowest BCUT2D eigenvalue weighted by molar-refractivity contribution is -0.141. The van der Waals surface area contributed by atoms with Gasteiger partial charge in [-0.2, -0.15) is 0 Å². The maximum Gasteiger partial charge on any atom is 0.306 e. The molecule has 0 saturated carbocycles. The average molecular weight is 360 g/mol. The Kier molecular flexibility index (Phi) is 6.81. The number of amides is 1. The quantitative estimate of drug-likeness (QED) is 0.781. The molecule has 21 heavy (non-hydrogen) atoms. The van der Waals surface area contributed by atoms with Crippen LogP contribution in [0.15, 0.2) is 22.7 Å². The molecule has 0 aliphatic heterocycles. The van der Waals surface area contributed by atoms with Crippen LogP contribution in [0.5, 0.6) is 0 Å². The second kappa shape index (κ2) is 8.12. The van der Waals surface area contributed by atoms with Crippen LogP contribution in [0.25, 0.3) is 0 Å². The molecule has 0 saturated heterocycles. The minimum Gasteiger partial charge on any atom is -0.481 e. The van der Waals surface area contributed by atoms with Gasteiger partial charge in [0.15, 0.2) is 0 Å². The fourth-order valence-electron chi connectivity index (χ4n) is 1.87. The van der Waals surface area contributed by atoms with E-state index in [0.717, 1.165) is 6.42 Å². The molecule has 0 aliphatic rings. The molecule has 6 heteroatoms. The van der Waals surface area contributed by atoms with Crippen molar-refractivity contribution < 1.29 is 19.1 Å². The highest BCUT2D eigenvalue weighted by Gasteiger charge is 2.14. The van der Waals surface area contributed by atoms with E-state index in [1.165, 1.54) is 18.2 Å². The van der Waals surface area contributed by atoms with Gasteiger partial charge in [-0.1, -0.05) is 13.3 Å². The second-order valence-electron chi connectivity index (χ2n) is 5.17. The zero-order chi connectivity index (χ0) is 16.0. The largest absolute Gasteiger partial charge is 0.481 e. The summed E-state index contributed by atoms with van der Waals surface area (Å²) in [7, 11) is 0. The highest BCUT2D eigenvalue weighted by atomic mass is 79.9. The number of carbonyl (C=O) groups is 2. The third kappa shape index (κ3) is 5.83. The topological polar surface area (TPSA) is 66.4 Å². The van der Waals surface area contributed by atoms with Gasteiger partial charge in [-0.25, -0.2) is 4.39 Å². The molecule has 1 rings (SSSR count). The van der Waals surface area contributed by atoms with Gasteiger partial charge in [0.1, 0.15) is 5.82 Å². The first-order valence-corrected chi connectivity index (χ1v) is 7.59. The summed E-state index contributed by atoms with van der Waals surface area (Å²) in [5.74, 6) is -1.86. The Morgan fingerprint density at radius 1 is 1.33 bits per heavy atom. The van der Waals surface area contributed by atoms with Gasteiger partial charge in [0.25, 0.3) is 5.91 Å². The van der Waals surface area contributed by atoms with Gasteiger partial charge >= 0.3 is 5.97 Å². The molecule has 0 spiro atoms. The van der Waals surface area contributed by atoms with Crippen molar-refractivity contribution in [3.8, 4) is 0 Å². The predicted octanol–water partition coefficient (Wildman–Crippen LogP) is 3.60. The summed E-state index contributed by atoms with van der Waals surface area (Å²) in [6, 6.07) is 4.03. The highest BCUT2D eigenvalue weighted by molar-refractivity contribution is 9.10. The Hall–Kier alpha value is -1.43. The van der Waals surface area contributed by atoms with Gasteiger partial charge in [0, 0.05) is 11.6 Å². The van der Waals surface area contributed by atoms with Crippen molar-refractivity contribution in [2.45, 2.75) is 39.2 Å². The number of carboxylic acid groups (broad SMARTS) is 1. The van der Waals surface area contributed by atoms with Crippen molar-refractivity contribution >= 4 is 27.8 Å². The normalized spacial score (nSPS) is 13.5. The number of hydrogen-bond donors (Lipinski definition) is 2. The van der Waals surface area contributed by atoms with E-state index in [9.17, 15) is 14.0 Å². The fourth-order valence-corrected chi connectivity index (χ4v) is 2.25. The van der Waals surface area contributed by atoms with Crippen LogP contribution in [0.1, 0.15) is 43.5 Å². The van der Waals surface area contributed by atoms with Gasteiger partial charge in [-0.3, -0.25) is 9.59 Å². The van der Waals surface area contributed by atoms with E-state index in [-0.39, 0.29) is 22.3 Å². The van der Waals surface area contributed by atoms with Gasteiger partial charge in [-0.05, 0) is 53.9 Å². The molecule has 2 atom stereocenters. The summed E-state index contributed by atoms with van der Waals surface area (Å²) < 4.78 is 13.4. The summed E-state index contributed by atoms with van der Waals surface area (Å²) in [4.78, 5) is 22.7.